The highest BCUT2D eigenvalue weighted by Crippen LogP contribution is 2.45. The molecule has 0 amide bonds. The summed E-state index contributed by atoms with van der Waals surface area (Å²) in [5.74, 6) is -4.17. The molecule has 11 heteroatoms. The van der Waals surface area contributed by atoms with E-state index in [2.05, 4.69) is 24.2 Å². The van der Waals surface area contributed by atoms with Crippen molar-refractivity contribution < 1.29 is 36.9 Å². The van der Waals surface area contributed by atoms with E-state index in [1.54, 1.807) is 0 Å². The molecule has 8 nitrogen and oxygen atoms in total. The van der Waals surface area contributed by atoms with Crippen LogP contribution in [0.25, 0.3) is 11.4 Å². The van der Waals surface area contributed by atoms with Crippen molar-refractivity contribution in [2.45, 2.75) is 6.29 Å². The number of benzene rings is 1. The Morgan fingerprint density at radius 1 is 1.24 bits per heavy atom. The first-order valence-electron chi connectivity index (χ1n) is 6.66. The summed E-state index contributed by atoms with van der Waals surface area (Å²) in [4.78, 5) is 19.5. The molecule has 132 valence electrons. The van der Waals surface area contributed by atoms with E-state index in [4.69, 9.17) is 10.5 Å². The van der Waals surface area contributed by atoms with Crippen molar-refractivity contribution in [3.63, 3.8) is 0 Å². The number of hydrogen-bond donors (Lipinski definition) is 1. The molecule has 3 rings (SSSR count). The maximum absolute atomic E-state index is 14.5. The van der Waals surface area contributed by atoms with Crippen LogP contribution in [-0.2, 0) is 4.74 Å². The van der Waals surface area contributed by atoms with Gasteiger partial charge in [-0.1, -0.05) is 0 Å². The average molecular weight is 357 g/mol. The molecule has 25 heavy (non-hydrogen) atoms. The number of nitrogen functional groups attached to an aromatic ring is 1. The van der Waals surface area contributed by atoms with Crippen LogP contribution in [0.3, 0.4) is 0 Å². The Hall–Kier alpha value is -3.24. The van der Waals surface area contributed by atoms with E-state index in [9.17, 15) is 18.0 Å². The quantitative estimate of drug-likeness (QED) is 0.832. The minimum Gasteiger partial charge on any atom is -0.491 e. The Morgan fingerprint density at radius 3 is 2.60 bits per heavy atom. The summed E-state index contributed by atoms with van der Waals surface area (Å²) in [7, 11) is 2.33. The third-order valence-corrected chi connectivity index (χ3v) is 3.23. The Labute approximate surface area is 138 Å². The van der Waals surface area contributed by atoms with Crippen molar-refractivity contribution in [2.24, 2.45) is 0 Å². The number of methoxy groups -OCH3 is 2. The minimum atomic E-state index is -3.99. The minimum absolute atomic E-state index is 0.164. The number of alkyl halides is 2. The summed E-state index contributed by atoms with van der Waals surface area (Å²) < 4.78 is 58.5. The Balaban J connectivity index is 2.16. The lowest BCUT2D eigenvalue weighted by Crippen LogP contribution is -2.26. The van der Waals surface area contributed by atoms with Gasteiger partial charge in [0.05, 0.1) is 19.8 Å². The Kier molecular flexibility index (Phi) is 3.78. The fraction of sp³-hybridized carbons (Fsp3) is 0.214. The van der Waals surface area contributed by atoms with Gasteiger partial charge in [0.2, 0.25) is 5.75 Å². The summed E-state index contributed by atoms with van der Waals surface area (Å²) in [6, 6.07) is 2.14. The van der Waals surface area contributed by atoms with Crippen LogP contribution in [0.4, 0.5) is 19.0 Å². The third kappa shape index (κ3) is 2.73. The largest absolute Gasteiger partial charge is 0.586 e. The highest BCUT2D eigenvalue weighted by atomic mass is 19.3. The summed E-state index contributed by atoms with van der Waals surface area (Å²) in [6.07, 6.45) is -3.99. The molecule has 0 spiro atoms. The van der Waals surface area contributed by atoms with E-state index in [0.717, 1.165) is 19.2 Å². The van der Waals surface area contributed by atoms with Crippen LogP contribution < -0.4 is 19.9 Å². The van der Waals surface area contributed by atoms with Crippen LogP contribution in [0.15, 0.2) is 12.1 Å². The topological polar surface area (TPSA) is 106 Å². The van der Waals surface area contributed by atoms with Crippen LogP contribution >= 0.6 is 0 Å². The fourth-order valence-electron chi connectivity index (χ4n) is 2.18. The number of halogens is 3. The number of carbonyl (C=O) groups excluding carboxylic acids is 1. The Bertz CT molecular complexity index is 875. The van der Waals surface area contributed by atoms with Crippen molar-refractivity contribution in [3.05, 3.63) is 23.6 Å². The van der Waals surface area contributed by atoms with E-state index in [0.29, 0.717) is 0 Å². The maximum atomic E-state index is 14.5. The summed E-state index contributed by atoms with van der Waals surface area (Å²) in [6.45, 7) is 0. The van der Waals surface area contributed by atoms with Gasteiger partial charge in [-0.3, -0.25) is 0 Å². The number of carbonyl (C=O) groups is 1. The monoisotopic (exact) mass is 357 g/mol. The first-order valence-corrected chi connectivity index (χ1v) is 6.66. The first-order chi connectivity index (χ1) is 11.8. The van der Waals surface area contributed by atoms with Gasteiger partial charge >= 0.3 is 12.3 Å². The van der Waals surface area contributed by atoms with E-state index >= 15 is 0 Å². The first kappa shape index (κ1) is 16.6. The molecule has 0 bridgehead atoms. The lowest BCUT2D eigenvalue weighted by molar-refractivity contribution is -0.287. The predicted octanol–water partition coefficient (Wildman–Crippen LogP) is 1.98. The lowest BCUT2D eigenvalue weighted by Gasteiger charge is -2.11. The normalized spacial score (nSPS) is 14.3. The number of nitrogens with zero attached hydrogens (tertiary/aromatic N) is 2. The highest BCUT2D eigenvalue weighted by Gasteiger charge is 2.45. The molecule has 2 N–H and O–H groups in total. The number of nitrogens with two attached hydrogens (primary N) is 1. The number of fused-ring (bicyclic) bond motifs is 1. The molecule has 0 radical (unpaired) electrons. The van der Waals surface area contributed by atoms with Gasteiger partial charge in [-0.25, -0.2) is 19.2 Å². The smallest absolute Gasteiger partial charge is 0.491 e. The molecule has 0 aliphatic carbocycles. The molecule has 0 fully saturated rings. The summed E-state index contributed by atoms with van der Waals surface area (Å²) in [5, 5.41) is 0. The number of ether oxygens (including phenoxy) is 4. The van der Waals surface area contributed by atoms with Crippen LogP contribution in [0.1, 0.15) is 10.5 Å². The summed E-state index contributed by atoms with van der Waals surface area (Å²) >= 11 is 0. The van der Waals surface area contributed by atoms with Crippen molar-refractivity contribution in [1.29, 1.82) is 0 Å². The third-order valence-electron chi connectivity index (χ3n) is 3.23. The van der Waals surface area contributed by atoms with Gasteiger partial charge in [0.25, 0.3) is 0 Å². The second kappa shape index (κ2) is 5.69. The van der Waals surface area contributed by atoms with Crippen LogP contribution in [0.2, 0.25) is 0 Å². The van der Waals surface area contributed by atoms with Crippen LogP contribution in [0.5, 0.6) is 17.2 Å². The van der Waals surface area contributed by atoms with Crippen LogP contribution in [-0.4, -0.2) is 36.5 Å². The Morgan fingerprint density at radius 2 is 1.96 bits per heavy atom. The number of rotatable bonds is 3. The molecular formula is C14H10F3N3O5. The van der Waals surface area contributed by atoms with Crippen LogP contribution in [0, 0.1) is 5.82 Å². The average Bonchev–Trinajstić information content (AvgIpc) is 2.89. The van der Waals surface area contributed by atoms with Gasteiger partial charge < -0.3 is 24.7 Å². The van der Waals surface area contributed by atoms with Crippen molar-refractivity contribution >= 4 is 11.8 Å². The van der Waals surface area contributed by atoms with E-state index < -0.39 is 29.6 Å². The van der Waals surface area contributed by atoms with Gasteiger partial charge in [-0.2, -0.15) is 0 Å². The summed E-state index contributed by atoms with van der Waals surface area (Å²) in [5.41, 5.74) is 5.00. The second-order valence-corrected chi connectivity index (χ2v) is 4.73. The fourth-order valence-corrected chi connectivity index (χ4v) is 2.18. The molecule has 0 saturated heterocycles. The number of hydrogen-bond acceptors (Lipinski definition) is 8. The number of aromatic nitrogens is 2. The predicted molar refractivity (Wildman–Crippen MR) is 75.9 cm³/mol. The molecule has 1 aliphatic rings. The van der Waals surface area contributed by atoms with Crippen molar-refractivity contribution in [1.82, 2.24) is 9.97 Å². The zero-order chi connectivity index (χ0) is 18.4. The maximum Gasteiger partial charge on any atom is 0.586 e. The zero-order valence-electron chi connectivity index (χ0n) is 12.8. The molecule has 1 aromatic carbocycles. The van der Waals surface area contributed by atoms with E-state index in [1.165, 1.54) is 7.11 Å². The van der Waals surface area contributed by atoms with Gasteiger partial charge in [-0.15, -0.1) is 8.78 Å². The van der Waals surface area contributed by atoms with Gasteiger partial charge in [0.15, 0.2) is 34.7 Å². The molecule has 0 unspecified atom stereocenters. The molecule has 0 saturated carbocycles. The second-order valence-electron chi connectivity index (χ2n) is 4.73. The molecule has 0 atom stereocenters. The van der Waals surface area contributed by atoms with E-state index in [-0.39, 0.29) is 28.6 Å². The SMILES string of the molecule is COC(=O)c1nc(-c2ccc3c(c2F)OC(F)(F)O3)nc(N)c1OC. The molecule has 2 heterocycles. The van der Waals surface area contributed by atoms with Gasteiger partial charge in [0.1, 0.15) is 0 Å². The van der Waals surface area contributed by atoms with E-state index in [1.807, 2.05) is 0 Å². The van der Waals surface area contributed by atoms with Gasteiger partial charge in [-0.05, 0) is 12.1 Å². The highest BCUT2D eigenvalue weighted by molar-refractivity contribution is 5.92. The van der Waals surface area contributed by atoms with Crippen molar-refractivity contribution in [3.8, 4) is 28.6 Å². The molecule has 2 aromatic rings. The number of anilines is 1. The lowest BCUT2D eigenvalue weighted by atomic mass is 10.1. The zero-order valence-corrected chi connectivity index (χ0v) is 12.8. The number of esters is 1. The standard InChI is InChI=1S/C14H10F3N3O5/c1-22-10-8(13(21)23-2)19-12(20-11(10)18)5-3-4-6-9(7(5)15)25-14(16,17)24-6/h3-4H,1-2H3,(H2,18,19,20). The molecular weight excluding hydrogens is 347 g/mol. The molecule has 1 aliphatic heterocycles. The molecule has 1 aromatic heterocycles. The van der Waals surface area contributed by atoms with Crippen molar-refractivity contribution in [2.75, 3.05) is 20.0 Å². The van der Waals surface area contributed by atoms with Gasteiger partial charge in [0, 0.05) is 0 Å².